The van der Waals surface area contributed by atoms with E-state index in [1.165, 1.54) is 0 Å². The number of nitrogens with zero attached hydrogens (tertiary/aromatic N) is 4. The molecule has 124 valence electrons. The van der Waals surface area contributed by atoms with Crippen molar-refractivity contribution in [2.75, 3.05) is 13.2 Å². The van der Waals surface area contributed by atoms with Gasteiger partial charge in [0.25, 0.3) is 0 Å². The number of hydrogen-bond acceptors (Lipinski definition) is 4. The van der Waals surface area contributed by atoms with Crippen LogP contribution in [0.4, 0.5) is 4.39 Å². The maximum Gasteiger partial charge on any atom is 0.226 e. The molecule has 0 aliphatic carbocycles. The topological polar surface area (TPSA) is 111 Å². The van der Waals surface area contributed by atoms with Crippen molar-refractivity contribution in [2.45, 2.75) is 12.1 Å². The largest absolute Gasteiger partial charge is 0.386 e. The second-order valence-corrected chi connectivity index (χ2v) is 5.03. The van der Waals surface area contributed by atoms with Crippen LogP contribution in [0.15, 0.2) is 53.9 Å². The van der Waals surface area contributed by atoms with E-state index in [1.54, 1.807) is 36.7 Å². The Morgan fingerprint density at radius 2 is 2.08 bits per heavy atom. The van der Waals surface area contributed by atoms with Gasteiger partial charge in [0.1, 0.15) is 19.3 Å². The summed E-state index contributed by atoms with van der Waals surface area (Å²) in [5.74, 6) is -0.651. The first-order chi connectivity index (χ1) is 11.7. The summed E-state index contributed by atoms with van der Waals surface area (Å²) in [5, 5.41) is 15.6. The third kappa shape index (κ3) is 4.52. The molecule has 0 aliphatic heterocycles. The van der Waals surface area contributed by atoms with Crippen LogP contribution in [-0.2, 0) is 4.79 Å². The normalized spacial score (nSPS) is 12.8. The SMILES string of the molecule is [N-]=[N+]=NCC(=O)NC(CF)C(O)c1ccc(-c2cccnc2)cc1. The van der Waals surface area contributed by atoms with Gasteiger partial charge in [0.15, 0.2) is 0 Å². The lowest BCUT2D eigenvalue weighted by Crippen LogP contribution is -2.41. The number of carbonyl (C=O) groups excluding carboxylic acids is 1. The number of azide groups is 1. The number of pyridine rings is 1. The predicted octanol–water partition coefficient (Wildman–Crippen LogP) is 2.55. The fourth-order valence-electron chi connectivity index (χ4n) is 2.19. The molecule has 1 aromatic carbocycles. The van der Waals surface area contributed by atoms with Crippen molar-refractivity contribution in [2.24, 2.45) is 5.11 Å². The van der Waals surface area contributed by atoms with Gasteiger partial charge in [0.2, 0.25) is 5.91 Å². The van der Waals surface area contributed by atoms with Crippen LogP contribution in [0, 0.1) is 0 Å². The van der Waals surface area contributed by atoms with E-state index in [0.717, 1.165) is 11.1 Å². The average molecular weight is 329 g/mol. The summed E-state index contributed by atoms with van der Waals surface area (Å²) < 4.78 is 13.1. The first kappa shape index (κ1) is 17.4. The van der Waals surface area contributed by atoms with E-state index >= 15 is 0 Å². The highest BCUT2D eigenvalue weighted by Crippen LogP contribution is 2.23. The van der Waals surface area contributed by atoms with E-state index in [4.69, 9.17) is 5.53 Å². The van der Waals surface area contributed by atoms with Crippen molar-refractivity contribution in [3.8, 4) is 11.1 Å². The quantitative estimate of drug-likeness (QED) is 0.462. The number of amides is 1. The molecule has 2 unspecified atom stereocenters. The van der Waals surface area contributed by atoms with Gasteiger partial charge in [-0.1, -0.05) is 35.4 Å². The molecule has 24 heavy (non-hydrogen) atoms. The number of benzene rings is 1. The average Bonchev–Trinajstić information content (AvgIpc) is 2.64. The second-order valence-electron chi connectivity index (χ2n) is 5.03. The molecule has 0 saturated heterocycles. The first-order valence-electron chi connectivity index (χ1n) is 7.20. The summed E-state index contributed by atoms with van der Waals surface area (Å²) in [6.07, 6.45) is 2.17. The van der Waals surface area contributed by atoms with E-state index < -0.39 is 31.3 Å². The molecule has 2 atom stereocenters. The molecule has 2 N–H and O–H groups in total. The van der Waals surface area contributed by atoms with Gasteiger partial charge in [-0.2, -0.15) is 0 Å². The van der Waals surface area contributed by atoms with Crippen LogP contribution in [-0.4, -0.2) is 35.3 Å². The summed E-state index contributed by atoms with van der Waals surface area (Å²) in [6, 6.07) is 9.49. The second kappa shape index (κ2) is 8.61. The molecule has 0 bridgehead atoms. The van der Waals surface area contributed by atoms with Crippen molar-refractivity contribution in [3.05, 3.63) is 64.8 Å². The van der Waals surface area contributed by atoms with Crippen molar-refractivity contribution in [1.82, 2.24) is 10.3 Å². The molecule has 0 aliphatic rings. The third-order valence-corrected chi connectivity index (χ3v) is 3.42. The van der Waals surface area contributed by atoms with Crippen LogP contribution < -0.4 is 5.32 Å². The van der Waals surface area contributed by atoms with Gasteiger partial charge >= 0.3 is 0 Å². The standard InChI is InChI=1S/C16H16FN5O2/c17-8-14(21-15(23)10-20-22-18)16(24)12-5-3-11(4-6-12)13-2-1-7-19-9-13/h1-7,9,14,16,24H,8,10H2,(H,21,23). The maximum absolute atomic E-state index is 13.1. The molecule has 1 amide bonds. The number of aliphatic hydroxyl groups excluding tert-OH is 1. The number of rotatable bonds is 7. The maximum atomic E-state index is 13.1. The molecule has 0 spiro atoms. The third-order valence-electron chi connectivity index (χ3n) is 3.42. The van der Waals surface area contributed by atoms with E-state index in [2.05, 4.69) is 20.3 Å². The monoisotopic (exact) mass is 329 g/mol. The number of hydrogen-bond donors (Lipinski definition) is 2. The molecule has 1 aromatic heterocycles. The highest BCUT2D eigenvalue weighted by atomic mass is 19.1. The lowest BCUT2D eigenvalue weighted by atomic mass is 9.99. The Morgan fingerprint density at radius 1 is 1.33 bits per heavy atom. The van der Waals surface area contributed by atoms with Gasteiger partial charge in [-0.15, -0.1) is 0 Å². The molecule has 0 fully saturated rings. The van der Waals surface area contributed by atoms with Crippen LogP contribution in [0.1, 0.15) is 11.7 Å². The smallest absolute Gasteiger partial charge is 0.226 e. The van der Waals surface area contributed by atoms with E-state index in [1.807, 2.05) is 12.1 Å². The van der Waals surface area contributed by atoms with Gasteiger partial charge < -0.3 is 10.4 Å². The van der Waals surface area contributed by atoms with Crippen LogP contribution in [0.2, 0.25) is 0 Å². The highest BCUT2D eigenvalue weighted by molar-refractivity contribution is 5.78. The van der Waals surface area contributed by atoms with Gasteiger partial charge in [-0.3, -0.25) is 9.78 Å². The van der Waals surface area contributed by atoms with Crippen LogP contribution >= 0.6 is 0 Å². The van der Waals surface area contributed by atoms with Gasteiger partial charge in [-0.05, 0) is 28.3 Å². The summed E-state index contributed by atoms with van der Waals surface area (Å²) in [4.78, 5) is 18.0. The molecule has 8 heteroatoms. The molecular weight excluding hydrogens is 313 g/mol. The van der Waals surface area contributed by atoms with E-state index in [0.29, 0.717) is 5.56 Å². The zero-order chi connectivity index (χ0) is 17.4. The molecule has 2 aromatic rings. The lowest BCUT2D eigenvalue weighted by Gasteiger charge is -2.21. The molecule has 1 heterocycles. The van der Waals surface area contributed by atoms with Gasteiger partial charge in [-0.25, -0.2) is 4.39 Å². The summed E-state index contributed by atoms with van der Waals surface area (Å²) in [5.41, 5.74) is 10.5. The van der Waals surface area contributed by atoms with Crippen molar-refractivity contribution in [1.29, 1.82) is 0 Å². The number of aliphatic hydroxyl groups is 1. The van der Waals surface area contributed by atoms with Gasteiger partial charge in [0.05, 0.1) is 6.04 Å². The summed E-state index contributed by atoms with van der Waals surface area (Å²) >= 11 is 0. The zero-order valence-corrected chi connectivity index (χ0v) is 12.7. The Bertz CT molecular complexity index is 717. The minimum absolute atomic E-state index is 0.445. The Morgan fingerprint density at radius 3 is 2.67 bits per heavy atom. The summed E-state index contributed by atoms with van der Waals surface area (Å²) in [7, 11) is 0. The predicted molar refractivity (Wildman–Crippen MR) is 86.6 cm³/mol. The van der Waals surface area contributed by atoms with Crippen LogP contribution in [0.25, 0.3) is 21.6 Å². The fraction of sp³-hybridized carbons (Fsp3) is 0.250. The molecular formula is C16H16FN5O2. The van der Waals surface area contributed by atoms with E-state index in [9.17, 15) is 14.3 Å². The lowest BCUT2D eigenvalue weighted by molar-refractivity contribution is -0.121. The zero-order valence-electron chi connectivity index (χ0n) is 12.7. The Labute approximate surface area is 137 Å². The van der Waals surface area contributed by atoms with Crippen LogP contribution in [0.3, 0.4) is 0 Å². The Balaban J connectivity index is 2.08. The molecule has 7 nitrogen and oxygen atoms in total. The first-order valence-corrected chi connectivity index (χ1v) is 7.20. The molecule has 0 radical (unpaired) electrons. The van der Waals surface area contributed by atoms with Crippen molar-refractivity contribution >= 4 is 5.91 Å². The number of halogens is 1. The number of alkyl halides is 1. The molecule has 2 rings (SSSR count). The Kier molecular flexibility index (Phi) is 6.24. The summed E-state index contributed by atoms with van der Waals surface area (Å²) in [6.45, 7) is -1.40. The Hall–Kier alpha value is -2.96. The van der Waals surface area contributed by atoms with E-state index in [-0.39, 0.29) is 0 Å². The minimum Gasteiger partial charge on any atom is -0.386 e. The fourth-order valence-corrected chi connectivity index (χ4v) is 2.19. The van der Waals surface area contributed by atoms with Crippen LogP contribution in [0.5, 0.6) is 0 Å². The number of carbonyl (C=O) groups is 1. The molecule has 0 saturated carbocycles. The van der Waals surface area contributed by atoms with Gasteiger partial charge in [0, 0.05) is 17.3 Å². The number of aromatic nitrogens is 1. The minimum atomic E-state index is -1.21. The number of nitrogens with one attached hydrogen (secondary N) is 1. The highest BCUT2D eigenvalue weighted by Gasteiger charge is 2.22. The van der Waals surface area contributed by atoms with Crippen molar-refractivity contribution in [3.63, 3.8) is 0 Å². The van der Waals surface area contributed by atoms with Crippen molar-refractivity contribution < 1.29 is 14.3 Å².